The Labute approximate surface area is 117 Å². The number of hydrogen-bond donors (Lipinski definition) is 3. The van der Waals surface area contributed by atoms with E-state index in [4.69, 9.17) is 41.4 Å². The largest absolute Gasteiger partial charge is 0.369 e. The highest BCUT2D eigenvalue weighted by molar-refractivity contribution is 7.80. The van der Waals surface area contributed by atoms with Gasteiger partial charge in [0.2, 0.25) is 0 Å². The first-order chi connectivity index (χ1) is 8.49. The lowest BCUT2D eigenvalue weighted by molar-refractivity contribution is 1.06. The Morgan fingerprint density at radius 2 is 2.33 bits per heavy atom. The number of nitrogens with zero attached hydrogens (tertiary/aromatic N) is 1. The summed E-state index contributed by atoms with van der Waals surface area (Å²) in [6, 6.07) is 5.39. The van der Waals surface area contributed by atoms with E-state index in [1.165, 1.54) is 4.90 Å². The van der Waals surface area contributed by atoms with Crippen LogP contribution < -0.4 is 16.0 Å². The molecule has 1 rings (SSSR count). The van der Waals surface area contributed by atoms with Crippen molar-refractivity contribution in [1.82, 2.24) is 5.32 Å². The van der Waals surface area contributed by atoms with Crippen molar-refractivity contribution < 1.29 is 0 Å². The van der Waals surface area contributed by atoms with Gasteiger partial charge in [-0.3, -0.25) is 10.3 Å². The van der Waals surface area contributed by atoms with Crippen LogP contribution >= 0.6 is 23.8 Å². The molecule has 0 atom stereocenters. The summed E-state index contributed by atoms with van der Waals surface area (Å²) in [5.74, 6) is 2.18. The van der Waals surface area contributed by atoms with E-state index in [0.29, 0.717) is 10.7 Å². The molecule has 4 N–H and O–H groups in total. The fraction of sp³-hybridized carbons (Fsp3) is 0.167. The predicted octanol–water partition coefficient (Wildman–Crippen LogP) is 1.86. The van der Waals surface area contributed by atoms with Crippen LogP contribution in [-0.4, -0.2) is 17.6 Å². The lowest BCUT2D eigenvalue weighted by atomic mass is 10.2. The van der Waals surface area contributed by atoms with Crippen LogP contribution in [0.25, 0.3) is 0 Å². The number of aryl methyl sites for hydroxylation is 1. The highest BCUT2D eigenvalue weighted by Crippen LogP contribution is 2.29. The van der Waals surface area contributed by atoms with Crippen molar-refractivity contribution in [2.24, 2.45) is 5.73 Å². The topological polar surface area (TPSA) is 65.1 Å². The normalized spacial score (nSPS) is 9.39. The number of nitrogens with one attached hydrogen (secondary N) is 2. The van der Waals surface area contributed by atoms with Crippen LogP contribution in [-0.2, 0) is 0 Å². The zero-order chi connectivity index (χ0) is 13.7. The van der Waals surface area contributed by atoms with Gasteiger partial charge in [-0.1, -0.05) is 29.7 Å². The average Bonchev–Trinajstić information content (AvgIpc) is 2.30. The minimum Gasteiger partial charge on any atom is -0.369 e. The second kappa shape index (κ2) is 6.24. The van der Waals surface area contributed by atoms with Crippen molar-refractivity contribution in [3.05, 3.63) is 28.8 Å². The molecular weight excluding hydrogens is 268 g/mol. The number of terminal acetylenes is 1. The smallest absolute Gasteiger partial charge is 0.199 e. The van der Waals surface area contributed by atoms with Gasteiger partial charge < -0.3 is 11.1 Å². The van der Waals surface area contributed by atoms with Gasteiger partial charge in [0.15, 0.2) is 11.1 Å². The number of benzene rings is 1. The molecule has 0 aliphatic heterocycles. The summed E-state index contributed by atoms with van der Waals surface area (Å²) in [6.45, 7) is 2.12. The van der Waals surface area contributed by atoms with Crippen LogP contribution in [0.4, 0.5) is 5.69 Å². The summed E-state index contributed by atoms with van der Waals surface area (Å²) in [5, 5.41) is 11.1. The first-order valence-electron chi connectivity index (χ1n) is 5.09. The van der Waals surface area contributed by atoms with Gasteiger partial charge in [-0.05, 0) is 30.8 Å². The van der Waals surface area contributed by atoms with Crippen molar-refractivity contribution in [1.29, 1.82) is 5.41 Å². The Balaban J connectivity index is 3.18. The summed E-state index contributed by atoms with van der Waals surface area (Å²) in [6.07, 6.45) is 5.15. The molecule has 1 aromatic carbocycles. The molecule has 0 aromatic heterocycles. The lowest BCUT2D eigenvalue weighted by Gasteiger charge is -2.25. The van der Waals surface area contributed by atoms with E-state index in [2.05, 4.69) is 11.2 Å². The van der Waals surface area contributed by atoms with Crippen LogP contribution in [0.2, 0.25) is 5.02 Å². The van der Waals surface area contributed by atoms with E-state index in [1.54, 1.807) is 6.07 Å². The zero-order valence-electron chi connectivity index (χ0n) is 9.83. The first kappa shape index (κ1) is 14.3. The van der Waals surface area contributed by atoms with Crippen molar-refractivity contribution >= 4 is 40.6 Å². The van der Waals surface area contributed by atoms with Gasteiger partial charge in [0.05, 0.1) is 17.3 Å². The third-order valence-electron chi connectivity index (χ3n) is 2.20. The van der Waals surface area contributed by atoms with E-state index in [1.807, 2.05) is 19.1 Å². The fourth-order valence-electron chi connectivity index (χ4n) is 1.44. The number of hydrogen-bond acceptors (Lipinski definition) is 2. The van der Waals surface area contributed by atoms with E-state index in [9.17, 15) is 0 Å². The van der Waals surface area contributed by atoms with Gasteiger partial charge in [0.1, 0.15) is 0 Å². The van der Waals surface area contributed by atoms with Crippen molar-refractivity contribution in [2.45, 2.75) is 6.92 Å². The molecule has 18 heavy (non-hydrogen) atoms. The molecule has 0 aliphatic carbocycles. The van der Waals surface area contributed by atoms with Crippen LogP contribution in [0.5, 0.6) is 0 Å². The molecule has 0 heterocycles. The van der Waals surface area contributed by atoms with E-state index >= 15 is 0 Å². The quantitative estimate of drug-likeness (QED) is 0.335. The molecule has 94 valence electrons. The van der Waals surface area contributed by atoms with Crippen molar-refractivity contribution in [2.75, 3.05) is 11.4 Å². The SMILES string of the molecule is C#CCNC(=S)N(C(=N)N)c1c(C)cccc1Cl. The standard InChI is InChI=1S/C12H13ClN4S/c1-3-7-16-12(18)17(11(14)15)10-8(2)5-4-6-9(10)13/h1,4-6H,7H2,2H3,(H3,14,15)(H,16,18). The average molecular weight is 281 g/mol. The molecule has 0 amide bonds. The molecule has 1 aromatic rings. The van der Waals surface area contributed by atoms with Gasteiger partial charge in [0, 0.05) is 0 Å². The van der Waals surface area contributed by atoms with Gasteiger partial charge in [-0.2, -0.15) is 0 Å². The number of halogens is 1. The van der Waals surface area contributed by atoms with Gasteiger partial charge in [-0.25, -0.2) is 0 Å². The molecule has 0 saturated carbocycles. The Kier molecular flexibility index (Phi) is 4.95. The van der Waals surface area contributed by atoms with E-state index in [-0.39, 0.29) is 17.6 Å². The van der Waals surface area contributed by atoms with Crippen LogP contribution in [0.15, 0.2) is 18.2 Å². The number of thiocarbonyl (C=S) groups is 1. The number of anilines is 1. The van der Waals surface area contributed by atoms with Gasteiger partial charge >= 0.3 is 0 Å². The van der Waals surface area contributed by atoms with E-state index in [0.717, 1.165) is 5.56 Å². The minimum atomic E-state index is -0.222. The molecule has 0 bridgehead atoms. The molecule has 4 nitrogen and oxygen atoms in total. The molecule has 0 fully saturated rings. The summed E-state index contributed by atoms with van der Waals surface area (Å²) < 4.78 is 0. The Bertz CT molecular complexity index is 501. The van der Waals surface area contributed by atoms with Crippen molar-refractivity contribution in [3.8, 4) is 12.3 Å². The molecule has 6 heteroatoms. The second-order valence-corrected chi connectivity index (χ2v) is 4.28. The molecule has 0 spiro atoms. The Hall–Kier alpha value is -1.77. The number of rotatable bonds is 2. The Morgan fingerprint density at radius 1 is 1.67 bits per heavy atom. The summed E-state index contributed by atoms with van der Waals surface area (Å²) in [5.41, 5.74) is 7.00. The molecule has 0 unspecified atom stereocenters. The minimum absolute atomic E-state index is 0.222. The Morgan fingerprint density at radius 3 is 2.83 bits per heavy atom. The zero-order valence-corrected chi connectivity index (χ0v) is 11.4. The third-order valence-corrected chi connectivity index (χ3v) is 2.83. The second-order valence-electron chi connectivity index (χ2n) is 3.49. The monoisotopic (exact) mass is 280 g/mol. The van der Waals surface area contributed by atoms with Crippen LogP contribution in [0, 0.1) is 24.7 Å². The summed E-state index contributed by atoms with van der Waals surface area (Å²) >= 11 is 11.3. The maximum absolute atomic E-state index is 7.61. The van der Waals surface area contributed by atoms with Gasteiger partial charge in [0.25, 0.3) is 0 Å². The molecule has 0 saturated heterocycles. The highest BCUT2D eigenvalue weighted by Gasteiger charge is 2.19. The molecular formula is C12H13ClN4S. The van der Waals surface area contributed by atoms with E-state index < -0.39 is 0 Å². The highest BCUT2D eigenvalue weighted by atomic mass is 35.5. The third kappa shape index (κ3) is 3.13. The van der Waals surface area contributed by atoms with Crippen LogP contribution in [0.1, 0.15) is 5.56 Å². The first-order valence-corrected chi connectivity index (χ1v) is 5.88. The number of nitrogens with two attached hydrogens (primary N) is 1. The maximum atomic E-state index is 7.61. The van der Waals surface area contributed by atoms with Crippen LogP contribution in [0.3, 0.4) is 0 Å². The van der Waals surface area contributed by atoms with Gasteiger partial charge in [-0.15, -0.1) is 6.42 Å². The number of para-hydroxylation sites is 1. The number of guanidine groups is 1. The maximum Gasteiger partial charge on any atom is 0.199 e. The fourth-order valence-corrected chi connectivity index (χ4v) is 2.01. The summed E-state index contributed by atoms with van der Waals surface area (Å²) in [4.78, 5) is 1.35. The lowest BCUT2D eigenvalue weighted by Crippen LogP contribution is -2.47. The molecule has 0 aliphatic rings. The van der Waals surface area contributed by atoms with Crippen molar-refractivity contribution in [3.63, 3.8) is 0 Å². The predicted molar refractivity (Wildman–Crippen MR) is 80.0 cm³/mol. The molecule has 0 radical (unpaired) electrons. The summed E-state index contributed by atoms with van der Waals surface area (Å²) in [7, 11) is 0.